The Morgan fingerprint density at radius 2 is 2.03 bits per heavy atom. The summed E-state index contributed by atoms with van der Waals surface area (Å²) in [4.78, 5) is 14.8. The van der Waals surface area contributed by atoms with Gasteiger partial charge < -0.3 is 15.6 Å². The first-order chi connectivity index (χ1) is 14.5. The summed E-state index contributed by atoms with van der Waals surface area (Å²) in [5.41, 5.74) is 9.25. The van der Waals surface area contributed by atoms with E-state index in [1.54, 1.807) is 23.1 Å². The van der Waals surface area contributed by atoms with Crippen LogP contribution in [0.1, 0.15) is 30.7 Å². The zero-order chi connectivity index (χ0) is 21.4. The van der Waals surface area contributed by atoms with E-state index in [2.05, 4.69) is 6.07 Å². The minimum Gasteiger partial charge on any atom is -0.504 e. The first-order valence-electron chi connectivity index (χ1n) is 9.55. The Bertz CT molecular complexity index is 1150. The molecule has 0 saturated heterocycles. The Labute approximate surface area is 179 Å². The van der Waals surface area contributed by atoms with E-state index in [-0.39, 0.29) is 22.9 Å². The second-order valence-corrected chi connectivity index (χ2v) is 7.61. The topological polar surface area (TPSA) is 99.6 Å². The molecule has 0 aromatic heterocycles. The van der Waals surface area contributed by atoms with E-state index in [1.807, 2.05) is 18.2 Å². The molecule has 3 N–H and O–H groups in total. The molecule has 2 aliphatic rings. The Morgan fingerprint density at radius 3 is 2.70 bits per heavy atom. The number of ether oxygens (including phenoxy) is 1. The van der Waals surface area contributed by atoms with Crippen molar-refractivity contribution < 1.29 is 14.6 Å². The van der Waals surface area contributed by atoms with Crippen molar-refractivity contribution in [2.45, 2.75) is 25.2 Å². The number of rotatable bonds is 3. The summed E-state index contributed by atoms with van der Waals surface area (Å²) in [6, 6.07) is 14.3. The number of hydrogen-bond acceptors (Lipinski definition) is 6. The normalized spacial score (nSPS) is 18.9. The largest absolute Gasteiger partial charge is 0.504 e. The smallest absolute Gasteiger partial charge is 0.161 e. The maximum absolute atomic E-state index is 13.1. The molecule has 1 heterocycles. The number of allylic oxidation sites excluding steroid dienone is 3. The number of phenolic OH excluding ortho intramolecular Hbond substituents is 1. The molecule has 4 rings (SSSR count). The third kappa shape index (κ3) is 3.08. The van der Waals surface area contributed by atoms with Gasteiger partial charge in [-0.05, 0) is 42.7 Å². The molecule has 0 amide bonds. The van der Waals surface area contributed by atoms with E-state index in [4.69, 9.17) is 22.1 Å². The summed E-state index contributed by atoms with van der Waals surface area (Å²) in [6.45, 7) is 0. The van der Waals surface area contributed by atoms with Gasteiger partial charge in [-0.15, -0.1) is 0 Å². The number of nitrogens with zero attached hydrogens (tertiary/aromatic N) is 2. The first kappa shape index (κ1) is 19.9. The van der Waals surface area contributed by atoms with Gasteiger partial charge in [-0.1, -0.05) is 29.8 Å². The fraction of sp³-hybridized carbons (Fsp3) is 0.217. The highest BCUT2D eigenvalue weighted by molar-refractivity contribution is 6.33. The number of halogens is 1. The van der Waals surface area contributed by atoms with Crippen molar-refractivity contribution in [1.82, 2.24) is 0 Å². The fourth-order valence-electron chi connectivity index (χ4n) is 4.21. The van der Waals surface area contributed by atoms with Gasteiger partial charge in [0.25, 0.3) is 0 Å². The van der Waals surface area contributed by atoms with Crippen LogP contribution in [0.15, 0.2) is 65.1 Å². The molecule has 30 heavy (non-hydrogen) atoms. The first-order valence-corrected chi connectivity index (χ1v) is 9.93. The molecule has 1 atom stereocenters. The molecule has 152 valence electrons. The van der Waals surface area contributed by atoms with Crippen LogP contribution in [0.5, 0.6) is 11.5 Å². The third-order valence-corrected chi connectivity index (χ3v) is 5.86. The van der Waals surface area contributed by atoms with Gasteiger partial charge in [0.2, 0.25) is 0 Å². The number of methoxy groups -OCH3 is 1. The number of carbonyl (C=O) groups is 1. The standard InChI is InChI=1S/C23H20ClN3O3/c1-30-20-10-9-13(11-19(20)29)21-14(12-25)23(26)27(16-6-3-2-5-15(16)24)17-7-4-8-18(28)22(17)21/h2-3,5-6,9-11,21,29H,4,7-8,26H2,1H3/t21-/m0/s1. The van der Waals surface area contributed by atoms with E-state index in [0.717, 1.165) is 5.70 Å². The maximum atomic E-state index is 13.1. The lowest BCUT2D eigenvalue weighted by Gasteiger charge is -2.40. The van der Waals surface area contributed by atoms with Crippen molar-refractivity contribution in [1.29, 1.82) is 5.26 Å². The van der Waals surface area contributed by atoms with Crippen LogP contribution in [0.25, 0.3) is 0 Å². The van der Waals surface area contributed by atoms with Crippen molar-refractivity contribution in [2.75, 3.05) is 12.0 Å². The minimum atomic E-state index is -0.659. The van der Waals surface area contributed by atoms with Gasteiger partial charge >= 0.3 is 0 Å². The number of carbonyl (C=O) groups excluding carboxylic acids is 1. The average Bonchev–Trinajstić information content (AvgIpc) is 2.74. The third-order valence-electron chi connectivity index (χ3n) is 5.54. The Kier molecular flexibility index (Phi) is 5.15. The fourth-order valence-corrected chi connectivity index (χ4v) is 4.43. The molecule has 0 spiro atoms. The number of Topliss-reactive ketones (excluding diaryl/α,β-unsaturated/α-hetero) is 1. The number of nitrogens with two attached hydrogens (primary N) is 1. The molecule has 0 radical (unpaired) electrons. The average molecular weight is 422 g/mol. The van der Waals surface area contributed by atoms with Crippen LogP contribution in [-0.2, 0) is 4.79 Å². The zero-order valence-corrected chi connectivity index (χ0v) is 17.1. The lowest BCUT2D eigenvalue weighted by Crippen LogP contribution is -2.38. The predicted molar refractivity (Wildman–Crippen MR) is 114 cm³/mol. The number of ketones is 1. The van der Waals surface area contributed by atoms with E-state index < -0.39 is 5.92 Å². The number of anilines is 1. The summed E-state index contributed by atoms with van der Waals surface area (Å²) >= 11 is 6.43. The van der Waals surface area contributed by atoms with Crippen LogP contribution in [0.4, 0.5) is 5.69 Å². The van der Waals surface area contributed by atoms with Gasteiger partial charge in [0.05, 0.1) is 35.4 Å². The van der Waals surface area contributed by atoms with Crippen LogP contribution in [0, 0.1) is 11.3 Å². The molecule has 1 aliphatic carbocycles. The number of nitriles is 1. The summed E-state index contributed by atoms with van der Waals surface area (Å²) < 4.78 is 5.12. The van der Waals surface area contributed by atoms with E-state index in [0.29, 0.717) is 46.9 Å². The summed E-state index contributed by atoms with van der Waals surface area (Å²) in [6.07, 6.45) is 1.71. The van der Waals surface area contributed by atoms with E-state index in [1.165, 1.54) is 13.2 Å². The lowest BCUT2D eigenvalue weighted by atomic mass is 9.75. The van der Waals surface area contributed by atoms with Gasteiger partial charge in [0.15, 0.2) is 17.3 Å². The quantitative estimate of drug-likeness (QED) is 0.763. The number of aromatic hydroxyl groups is 1. The molecular weight excluding hydrogens is 402 g/mol. The van der Waals surface area contributed by atoms with Crippen molar-refractivity contribution in [2.24, 2.45) is 5.73 Å². The second-order valence-electron chi connectivity index (χ2n) is 7.20. The number of phenols is 1. The van der Waals surface area contributed by atoms with Crippen molar-refractivity contribution in [3.8, 4) is 17.6 Å². The van der Waals surface area contributed by atoms with E-state index in [9.17, 15) is 15.2 Å². The molecule has 0 fully saturated rings. The Morgan fingerprint density at radius 1 is 1.27 bits per heavy atom. The highest BCUT2D eigenvalue weighted by Gasteiger charge is 2.40. The lowest BCUT2D eigenvalue weighted by molar-refractivity contribution is -0.116. The minimum absolute atomic E-state index is 0.0335. The molecule has 0 unspecified atom stereocenters. The van der Waals surface area contributed by atoms with Crippen LogP contribution in [-0.4, -0.2) is 18.0 Å². The second kappa shape index (κ2) is 7.77. The van der Waals surface area contributed by atoms with Gasteiger partial charge in [-0.3, -0.25) is 9.69 Å². The van der Waals surface area contributed by atoms with Gasteiger partial charge in [0, 0.05) is 17.7 Å². The molecule has 0 saturated carbocycles. The molecule has 1 aliphatic heterocycles. The molecule has 0 bridgehead atoms. The number of para-hydroxylation sites is 1. The van der Waals surface area contributed by atoms with Crippen molar-refractivity contribution >= 4 is 23.1 Å². The Hall–Kier alpha value is -3.43. The predicted octanol–water partition coefficient (Wildman–Crippen LogP) is 4.36. The highest BCUT2D eigenvalue weighted by atomic mass is 35.5. The van der Waals surface area contributed by atoms with E-state index >= 15 is 0 Å². The maximum Gasteiger partial charge on any atom is 0.161 e. The SMILES string of the molecule is COc1ccc([C@H]2C(C#N)=C(N)N(c3ccccc3Cl)C3=C2C(=O)CCC3)cc1O. The van der Waals surface area contributed by atoms with Crippen molar-refractivity contribution in [3.05, 3.63) is 75.7 Å². The summed E-state index contributed by atoms with van der Waals surface area (Å²) in [5.74, 6) is -0.210. The van der Waals surface area contributed by atoms with Crippen LogP contribution in [0.2, 0.25) is 5.02 Å². The molecule has 2 aromatic rings. The number of hydrogen-bond donors (Lipinski definition) is 2. The molecule has 2 aromatic carbocycles. The highest BCUT2D eigenvalue weighted by Crippen LogP contribution is 2.48. The van der Waals surface area contributed by atoms with Gasteiger partial charge in [-0.2, -0.15) is 5.26 Å². The molecular formula is C23H20ClN3O3. The van der Waals surface area contributed by atoms with Crippen molar-refractivity contribution in [3.63, 3.8) is 0 Å². The molecule has 6 nitrogen and oxygen atoms in total. The molecule has 7 heteroatoms. The van der Waals surface area contributed by atoms with Gasteiger partial charge in [-0.25, -0.2) is 0 Å². The van der Waals surface area contributed by atoms with Gasteiger partial charge in [0.1, 0.15) is 5.82 Å². The van der Waals surface area contributed by atoms with Crippen LogP contribution >= 0.6 is 11.6 Å². The zero-order valence-electron chi connectivity index (χ0n) is 16.4. The Balaban J connectivity index is 1.97. The van der Waals surface area contributed by atoms with Crippen LogP contribution in [0.3, 0.4) is 0 Å². The number of benzene rings is 2. The summed E-state index contributed by atoms with van der Waals surface area (Å²) in [7, 11) is 1.46. The monoisotopic (exact) mass is 421 g/mol. The summed E-state index contributed by atoms with van der Waals surface area (Å²) in [5, 5.41) is 20.8. The van der Waals surface area contributed by atoms with Crippen LogP contribution < -0.4 is 15.4 Å².